The van der Waals surface area contributed by atoms with Gasteiger partial charge in [-0.3, -0.25) is 0 Å². The fourth-order valence-electron chi connectivity index (χ4n) is 1.71. The van der Waals surface area contributed by atoms with E-state index >= 15 is 0 Å². The zero-order chi connectivity index (χ0) is 13.6. The molecule has 0 bridgehead atoms. The van der Waals surface area contributed by atoms with Gasteiger partial charge < -0.3 is 9.74 Å². The van der Waals surface area contributed by atoms with Crippen LogP contribution >= 0.6 is 11.6 Å². The molecule has 1 rings (SSSR count). The van der Waals surface area contributed by atoms with Crippen LogP contribution in [0.5, 0.6) is 0 Å². The van der Waals surface area contributed by atoms with Gasteiger partial charge in [-0.25, -0.2) is 0 Å². The third kappa shape index (κ3) is 6.54. The Bertz CT molecular complexity index is 348. The lowest BCUT2D eigenvalue weighted by Crippen LogP contribution is -2.39. The van der Waals surface area contributed by atoms with Gasteiger partial charge in [0.05, 0.1) is 6.10 Å². The fourth-order valence-corrected chi connectivity index (χ4v) is 3.16. The molecule has 18 heavy (non-hydrogen) atoms. The minimum atomic E-state index is -1.50. The molecule has 1 atom stereocenters. The Hall–Kier alpha value is -0.353. The molecule has 0 aromatic heterocycles. The molecule has 0 spiro atoms. The lowest BCUT2D eigenvalue weighted by molar-refractivity contribution is 0.212. The first-order valence-corrected chi connectivity index (χ1v) is 10.3. The van der Waals surface area contributed by atoms with Crippen molar-refractivity contribution in [2.24, 2.45) is 0 Å². The maximum atomic E-state index is 5.99. The van der Waals surface area contributed by atoms with Gasteiger partial charge in [0.15, 0.2) is 8.32 Å². The van der Waals surface area contributed by atoms with Crippen LogP contribution in [0.4, 0.5) is 0 Å². The van der Waals surface area contributed by atoms with Gasteiger partial charge in [-0.05, 0) is 32.1 Å². The Labute approximate surface area is 117 Å². The summed E-state index contributed by atoms with van der Waals surface area (Å²) in [6.45, 7) is 10.3. The monoisotopic (exact) mass is 285 g/mol. The first kappa shape index (κ1) is 15.7. The number of nitrogens with one attached hydrogen (secondary N) is 1. The molecular weight excluding hydrogens is 262 g/mol. The van der Waals surface area contributed by atoms with Crippen molar-refractivity contribution < 1.29 is 4.43 Å². The second-order valence-corrected chi connectivity index (χ2v) is 10.4. The predicted octanol–water partition coefficient (Wildman–Crippen LogP) is 3.54. The van der Waals surface area contributed by atoms with Crippen LogP contribution in [0.25, 0.3) is 0 Å². The van der Waals surface area contributed by atoms with Gasteiger partial charge in [0.2, 0.25) is 0 Å². The van der Waals surface area contributed by atoms with Crippen molar-refractivity contribution in [3.05, 3.63) is 35.4 Å². The maximum Gasteiger partial charge on any atom is 0.184 e. The lowest BCUT2D eigenvalue weighted by Gasteiger charge is -2.25. The average molecular weight is 286 g/mol. The summed E-state index contributed by atoms with van der Waals surface area (Å²) in [7, 11) is -1.50. The maximum absolute atomic E-state index is 5.99. The molecule has 0 radical (unpaired) electrons. The molecule has 1 N–H and O–H groups in total. The van der Waals surface area contributed by atoms with Crippen LogP contribution in [0, 0.1) is 6.92 Å². The van der Waals surface area contributed by atoms with Gasteiger partial charge >= 0.3 is 0 Å². The van der Waals surface area contributed by atoms with Crippen LogP contribution in [-0.4, -0.2) is 26.8 Å². The van der Waals surface area contributed by atoms with Gasteiger partial charge in [0.1, 0.15) is 0 Å². The van der Waals surface area contributed by atoms with Crippen LogP contribution < -0.4 is 5.32 Å². The van der Waals surface area contributed by atoms with Crippen molar-refractivity contribution in [1.82, 2.24) is 5.32 Å². The van der Waals surface area contributed by atoms with Crippen molar-refractivity contribution in [2.45, 2.75) is 39.2 Å². The van der Waals surface area contributed by atoms with Gasteiger partial charge in [-0.15, -0.1) is 11.6 Å². The second kappa shape index (κ2) is 7.29. The van der Waals surface area contributed by atoms with E-state index in [1.165, 1.54) is 11.1 Å². The molecule has 0 heterocycles. The zero-order valence-corrected chi connectivity index (χ0v) is 13.6. The largest absolute Gasteiger partial charge is 0.412 e. The highest BCUT2D eigenvalue weighted by molar-refractivity contribution is 6.69. The van der Waals surface area contributed by atoms with Crippen molar-refractivity contribution in [2.75, 3.05) is 12.4 Å². The molecule has 2 nitrogen and oxygen atoms in total. The summed E-state index contributed by atoms with van der Waals surface area (Å²) in [4.78, 5) is 0. The van der Waals surface area contributed by atoms with Crippen LogP contribution in [0.15, 0.2) is 24.3 Å². The Kier molecular flexibility index (Phi) is 6.36. The van der Waals surface area contributed by atoms with Crippen molar-refractivity contribution in [3.63, 3.8) is 0 Å². The molecule has 0 fully saturated rings. The highest BCUT2D eigenvalue weighted by Gasteiger charge is 2.20. The summed E-state index contributed by atoms with van der Waals surface area (Å²) in [5.41, 5.74) is 2.58. The van der Waals surface area contributed by atoms with Crippen LogP contribution in [0.2, 0.25) is 19.6 Å². The van der Waals surface area contributed by atoms with Gasteiger partial charge in [-0.1, -0.05) is 29.8 Å². The third-order valence-electron chi connectivity index (χ3n) is 2.51. The highest BCUT2D eigenvalue weighted by atomic mass is 35.5. The summed E-state index contributed by atoms with van der Waals surface area (Å²) in [6, 6.07) is 8.57. The minimum Gasteiger partial charge on any atom is -0.412 e. The number of aryl methyl sites for hydroxylation is 1. The van der Waals surface area contributed by atoms with E-state index in [-0.39, 0.29) is 6.10 Å². The van der Waals surface area contributed by atoms with E-state index in [1.54, 1.807) is 0 Å². The van der Waals surface area contributed by atoms with E-state index in [0.29, 0.717) is 5.88 Å². The zero-order valence-electron chi connectivity index (χ0n) is 11.8. The predicted molar refractivity (Wildman–Crippen MR) is 81.8 cm³/mol. The SMILES string of the molecule is Cc1ccc(CNCC(CCl)O[Si](C)(C)C)cc1. The Balaban J connectivity index is 2.33. The molecule has 1 aromatic rings. The van der Waals surface area contributed by atoms with Crippen LogP contribution in [-0.2, 0) is 11.0 Å². The standard InChI is InChI=1S/C14H24ClNOSi/c1-12-5-7-13(8-6-12)10-16-11-14(9-15)17-18(2,3)4/h5-8,14,16H,9-11H2,1-4H3. The number of halogens is 1. The first-order chi connectivity index (χ1) is 8.40. The minimum absolute atomic E-state index is 0.115. The number of hydrogen-bond donors (Lipinski definition) is 1. The third-order valence-corrected chi connectivity index (χ3v) is 3.90. The normalized spacial score (nSPS) is 13.6. The molecule has 0 aliphatic rings. The second-order valence-electron chi connectivity index (χ2n) is 5.62. The van der Waals surface area contributed by atoms with Crippen molar-refractivity contribution in [3.8, 4) is 0 Å². The Morgan fingerprint density at radius 2 is 1.83 bits per heavy atom. The molecule has 102 valence electrons. The Morgan fingerprint density at radius 1 is 1.22 bits per heavy atom. The van der Waals surface area contributed by atoms with Crippen LogP contribution in [0.3, 0.4) is 0 Å². The molecule has 1 unspecified atom stereocenters. The molecule has 0 saturated heterocycles. The van der Waals surface area contributed by atoms with E-state index in [1.807, 2.05) is 0 Å². The fraction of sp³-hybridized carbons (Fsp3) is 0.571. The first-order valence-electron chi connectivity index (χ1n) is 6.41. The molecule has 0 saturated carbocycles. The number of hydrogen-bond acceptors (Lipinski definition) is 2. The van der Waals surface area contributed by atoms with E-state index in [4.69, 9.17) is 16.0 Å². The number of alkyl halides is 1. The summed E-state index contributed by atoms with van der Waals surface area (Å²) in [6.07, 6.45) is 0.115. The summed E-state index contributed by atoms with van der Waals surface area (Å²) >= 11 is 5.93. The van der Waals surface area contributed by atoms with Crippen molar-refractivity contribution in [1.29, 1.82) is 0 Å². The average Bonchev–Trinajstić information content (AvgIpc) is 2.29. The summed E-state index contributed by atoms with van der Waals surface area (Å²) in [5, 5.41) is 3.41. The Morgan fingerprint density at radius 3 is 2.33 bits per heavy atom. The van der Waals surface area contributed by atoms with E-state index in [2.05, 4.69) is 56.1 Å². The number of benzene rings is 1. The molecule has 1 aromatic carbocycles. The molecule has 4 heteroatoms. The summed E-state index contributed by atoms with van der Waals surface area (Å²) < 4.78 is 5.99. The van der Waals surface area contributed by atoms with E-state index in [0.717, 1.165) is 13.1 Å². The highest BCUT2D eigenvalue weighted by Crippen LogP contribution is 2.08. The molecule has 0 aliphatic carbocycles. The molecule has 0 amide bonds. The van der Waals surface area contributed by atoms with Gasteiger partial charge in [0.25, 0.3) is 0 Å². The quantitative estimate of drug-likeness (QED) is 0.611. The summed E-state index contributed by atoms with van der Waals surface area (Å²) in [5.74, 6) is 0.547. The van der Waals surface area contributed by atoms with E-state index < -0.39 is 8.32 Å². The van der Waals surface area contributed by atoms with Crippen LogP contribution in [0.1, 0.15) is 11.1 Å². The van der Waals surface area contributed by atoms with Gasteiger partial charge in [0, 0.05) is 19.0 Å². The topological polar surface area (TPSA) is 21.3 Å². The number of rotatable bonds is 7. The van der Waals surface area contributed by atoms with Crippen molar-refractivity contribution >= 4 is 19.9 Å². The van der Waals surface area contributed by atoms with Gasteiger partial charge in [-0.2, -0.15) is 0 Å². The molecule has 0 aliphatic heterocycles. The molecular formula is C14H24ClNOSi. The van der Waals surface area contributed by atoms with E-state index in [9.17, 15) is 0 Å². The lowest BCUT2D eigenvalue weighted by atomic mass is 10.1. The smallest absolute Gasteiger partial charge is 0.184 e.